The van der Waals surface area contributed by atoms with Crippen LogP contribution in [0.2, 0.25) is 0 Å². The van der Waals surface area contributed by atoms with Gasteiger partial charge in [0.05, 0.1) is 0 Å². The first-order valence-corrected chi connectivity index (χ1v) is 6.34. The zero-order valence-corrected chi connectivity index (χ0v) is 11.5. The highest BCUT2D eigenvalue weighted by molar-refractivity contribution is 9.10. The number of amides is 1. The largest absolute Gasteiger partial charge is 0.444 e. The van der Waals surface area contributed by atoms with Crippen LogP contribution < -0.4 is 5.32 Å². The van der Waals surface area contributed by atoms with Crippen molar-refractivity contribution in [3.63, 3.8) is 0 Å². The van der Waals surface area contributed by atoms with Gasteiger partial charge in [-0.05, 0) is 53.7 Å². The molecule has 0 radical (unpaired) electrons. The maximum absolute atomic E-state index is 11.7. The second-order valence-electron chi connectivity index (χ2n) is 4.45. The normalized spacial score (nSPS) is 12.8. The molecule has 1 heterocycles. The van der Waals surface area contributed by atoms with Crippen LogP contribution in [0, 0.1) is 5.92 Å². The lowest BCUT2D eigenvalue weighted by Crippen LogP contribution is -2.32. The van der Waals surface area contributed by atoms with Crippen molar-refractivity contribution < 1.29 is 9.21 Å². The molecule has 1 aromatic heterocycles. The van der Waals surface area contributed by atoms with Crippen molar-refractivity contribution in [2.45, 2.75) is 39.7 Å². The van der Waals surface area contributed by atoms with E-state index < -0.39 is 0 Å². The van der Waals surface area contributed by atoms with Crippen molar-refractivity contribution in [1.29, 1.82) is 0 Å². The van der Waals surface area contributed by atoms with Crippen LogP contribution in [0.1, 0.15) is 44.2 Å². The molecule has 1 N–H and O–H groups in total. The average molecular weight is 288 g/mol. The molecule has 1 aromatic rings. The van der Waals surface area contributed by atoms with Gasteiger partial charge in [-0.2, -0.15) is 0 Å². The van der Waals surface area contributed by atoms with Crippen LogP contribution in [0.4, 0.5) is 0 Å². The minimum absolute atomic E-state index is 0.151. The molecule has 0 saturated heterocycles. The summed E-state index contributed by atoms with van der Waals surface area (Å²) in [5.74, 6) is 0.863. The molecule has 1 rings (SSSR count). The number of rotatable bonds is 5. The highest BCUT2D eigenvalue weighted by Gasteiger charge is 2.13. The quantitative estimate of drug-likeness (QED) is 0.899. The van der Waals surface area contributed by atoms with Gasteiger partial charge in [0, 0.05) is 6.04 Å². The molecule has 0 fully saturated rings. The molecule has 4 heteroatoms. The van der Waals surface area contributed by atoms with Gasteiger partial charge in [-0.25, -0.2) is 0 Å². The van der Waals surface area contributed by atoms with Gasteiger partial charge in [-0.3, -0.25) is 4.79 Å². The summed E-state index contributed by atoms with van der Waals surface area (Å²) in [7, 11) is 0. The molecule has 0 aliphatic heterocycles. The van der Waals surface area contributed by atoms with Gasteiger partial charge in [0.1, 0.15) is 0 Å². The molecule has 0 aliphatic rings. The molecule has 0 saturated carbocycles. The Morgan fingerprint density at radius 3 is 2.56 bits per heavy atom. The van der Waals surface area contributed by atoms with Crippen LogP contribution in [0.25, 0.3) is 0 Å². The molecule has 16 heavy (non-hydrogen) atoms. The van der Waals surface area contributed by atoms with E-state index in [-0.39, 0.29) is 11.9 Å². The predicted octanol–water partition coefficient (Wildman–Crippen LogP) is 3.60. The summed E-state index contributed by atoms with van der Waals surface area (Å²) < 4.78 is 5.75. The first-order chi connectivity index (χ1) is 7.49. The molecule has 0 aromatic carbocycles. The van der Waals surface area contributed by atoms with Crippen LogP contribution in [-0.4, -0.2) is 11.9 Å². The van der Waals surface area contributed by atoms with E-state index in [1.54, 1.807) is 12.1 Å². The number of nitrogens with one attached hydrogen (secondary N) is 1. The Balaban J connectivity index is 2.39. The first-order valence-electron chi connectivity index (χ1n) is 5.55. The Morgan fingerprint density at radius 1 is 1.38 bits per heavy atom. The predicted molar refractivity (Wildman–Crippen MR) is 67.4 cm³/mol. The van der Waals surface area contributed by atoms with E-state index in [1.165, 1.54) is 0 Å². The molecular weight excluding hydrogens is 270 g/mol. The number of carbonyl (C=O) groups excluding carboxylic acids is 1. The zero-order valence-electron chi connectivity index (χ0n) is 9.92. The number of carbonyl (C=O) groups is 1. The molecular formula is C12H18BrNO2. The van der Waals surface area contributed by atoms with Crippen LogP contribution in [-0.2, 0) is 0 Å². The highest BCUT2D eigenvalue weighted by atomic mass is 79.9. The topological polar surface area (TPSA) is 42.2 Å². The zero-order chi connectivity index (χ0) is 12.1. The molecule has 0 aliphatic carbocycles. The van der Waals surface area contributed by atoms with Crippen LogP contribution >= 0.6 is 15.9 Å². The molecule has 3 nitrogen and oxygen atoms in total. The number of halogens is 1. The Bertz CT molecular complexity index is 347. The summed E-state index contributed by atoms with van der Waals surface area (Å²) in [4.78, 5) is 11.7. The van der Waals surface area contributed by atoms with Crippen LogP contribution in [0.15, 0.2) is 21.2 Å². The van der Waals surface area contributed by atoms with Gasteiger partial charge in [0.15, 0.2) is 10.4 Å². The fraction of sp³-hybridized carbons (Fsp3) is 0.583. The van der Waals surface area contributed by atoms with Gasteiger partial charge in [0.25, 0.3) is 5.91 Å². The lowest BCUT2D eigenvalue weighted by atomic mass is 10.0. The Hall–Kier alpha value is -0.770. The lowest BCUT2D eigenvalue weighted by Gasteiger charge is -2.13. The van der Waals surface area contributed by atoms with Gasteiger partial charge in [-0.15, -0.1) is 0 Å². The Morgan fingerprint density at radius 2 is 2.06 bits per heavy atom. The maximum atomic E-state index is 11.7. The Labute approximate surface area is 105 Å². The second kappa shape index (κ2) is 6.09. The van der Waals surface area contributed by atoms with E-state index in [9.17, 15) is 4.79 Å². The molecule has 0 spiro atoms. The third kappa shape index (κ3) is 4.39. The standard InChI is InChI=1S/C12H18BrNO2/c1-8(2)4-5-9(3)14-12(15)10-6-7-11(13)16-10/h6-9H,4-5H2,1-3H3,(H,14,15). The Kier molecular flexibility index (Phi) is 5.06. The summed E-state index contributed by atoms with van der Waals surface area (Å²) in [5.41, 5.74) is 0. The van der Waals surface area contributed by atoms with Gasteiger partial charge in [0.2, 0.25) is 0 Å². The third-order valence-electron chi connectivity index (χ3n) is 2.35. The molecule has 1 atom stereocenters. The van der Waals surface area contributed by atoms with Crippen molar-refractivity contribution in [1.82, 2.24) is 5.32 Å². The monoisotopic (exact) mass is 287 g/mol. The van der Waals surface area contributed by atoms with E-state index in [0.717, 1.165) is 12.8 Å². The molecule has 90 valence electrons. The van der Waals surface area contributed by atoms with Crippen molar-refractivity contribution in [3.05, 3.63) is 22.6 Å². The van der Waals surface area contributed by atoms with Crippen molar-refractivity contribution in [2.24, 2.45) is 5.92 Å². The number of furan rings is 1. The second-order valence-corrected chi connectivity index (χ2v) is 5.23. The summed E-state index contributed by atoms with van der Waals surface area (Å²) in [6.07, 6.45) is 2.11. The average Bonchev–Trinajstić information content (AvgIpc) is 2.62. The molecule has 1 unspecified atom stereocenters. The minimum atomic E-state index is -0.151. The number of hydrogen-bond donors (Lipinski definition) is 1. The van der Waals surface area contributed by atoms with E-state index in [0.29, 0.717) is 16.3 Å². The smallest absolute Gasteiger partial charge is 0.287 e. The summed E-state index contributed by atoms with van der Waals surface area (Å²) in [5, 5.41) is 2.91. The minimum Gasteiger partial charge on any atom is -0.444 e. The van der Waals surface area contributed by atoms with Crippen LogP contribution in [0.5, 0.6) is 0 Å². The van der Waals surface area contributed by atoms with Gasteiger partial charge < -0.3 is 9.73 Å². The fourth-order valence-corrected chi connectivity index (χ4v) is 1.69. The first kappa shape index (κ1) is 13.3. The maximum Gasteiger partial charge on any atom is 0.287 e. The van der Waals surface area contributed by atoms with Crippen LogP contribution in [0.3, 0.4) is 0 Å². The van der Waals surface area contributed by atoms with Crippen molar-refractivity contribution in [2.75, 3.05) is 0 Å². The van der Waals surface area contributed by atoms with Gasteiger partial charge in [-0.1, -0.05) is 13.8 Å². The van der Waals surface area contributed by atoms with E-state index in [1.807, 2.05) is 6.92 Å². The van der Waals surface area contributed by atoms with E-state index in [4.69, 9.17) is 4.42 Å². The van der Waals surface area contributed by atoms with E-state index >= 15 is 0 Å². The summed E-state index contributed by atoms with van der Waals surface area (Å²) in [6, 6.07) is 3.56. The number of hydrogen-bond acceptors (Lipinski definition) is 2. The summed E-state index contributed by atoms with van der Waals surface area (Å²) in [6.45, 7) is 6.37. The fourth-order valence-electron chi connectivity index (χ4n) is 1.39. The highest BCUT2D eigenvalue weighted by Crippen LogP contribution is 2.14. The van der Waals surface area contributed by atoms with Crippen molar-refractivity contribution in [3.8, 4) is 0 Å². The van der Waals surface area contributed by atoms with E-state index in [2.05, 4.69) is 35.1 Å². The SMILES string of the molecule is CC(C)CCC(C)NC(=O)c1ccc(Br)o1. The molecule has 0 bridgehead atoms. The van der Waals surface area contributed by atoms with Gasteiger partial charge >= 0.3 is 0 Å². The lowest BCUT2D eigenvalue weighted by molar-refractivity contribution is 0.0908. The summed E-state index contributed by atoms with van der Waals surface area (Å²) >= 11 is 3.17. The molecule has 1 amide bonds. The van der Waals surface area contributed by atoms with Crippen molar-refractivity contribution >= 4 is 21.8 Å². The third-order valence-corrected chi connectivity index (χ3v) is 2.78.